The van der Waals surface area contributed by atoms with Gasteiger partial charge in [-0.3, -0.25) is 4.68 Å². The van der Waals surface area contributed by atoms with Crippen molar-refractivity contribution in [2.24, 2.45) is 5.92 Å². The third-order valence-corrected chi connectivity index (χ3v) is 4.01. The number of hydrogen-bond acceptors (Lipinski definition) is 2. The highest BCUT2D eigenvalue weighted by Gasteiger charge is 2.09. The van der Waals surface area contributed by atoms with Crippen LogP contribution in [0.4, 0.5) is 0 Å². The van der Waals surface area contributed by atoms with Crippen LogP contribution in [0.25, 0.3) is 0 Å². The van der Waals surface area contributed by atoms with Gasteiger partial charge in [-0.15, -0.1) is 0 Å². The molecule has 1 aliphatic carbocycles. The van der Waals surface area contributed by atoms with Crippen LogP contribution in [0, 0.1) is 5.92 Å². The Morgan fingerprint density at radius 2 is 2.05 bits per heavy atom. The fourth-order valence-electron chi connectivity index (χ4n) is 2.82. The van der Waals surface area contributed by atoms with Gasteiger partial charge in [0, 0.05) is 18.3 Å². The van der Waals surface area contributed by atoms with Crippen LogP contribution < -0.4 is 5.32 Å². The van der Waals surface area contributed by atoms with E-state index < -0.39 is 0 Å². The quantitative estimate of drug-likeness (QED) is 0.823. The molecule has 0 radical (unpaired) electrons. The van der Waals surface area contributed by atoms with Crippen molar-refractivity contribution in [2.75, 3.05) is 6.54 Å². The molecule has 3 nitrogen and oxygen atoms in total. The Morgan fingerprint density at radius 1 is 1.14 bits per heavy atom. The van der Waals surface area contributed by atoms with Crippen LogP contribution in [-0.4, -0.2) is 16.3 Å². The molecular weight excluding hydrogens is 258 g/mol. The van der Waals surface area contributed by atoms with Crippen molar-refractivity contribution in [3.05, 3.63) is 66.0 Å². The van der Waals surface area contributed by atoms with Crippen molar-refractivity contribution in [1.29, 1.82) is 0 Å². The van der Waals surface area contributed by atoms with Gasteiger partial charge in [0.05, 0.1) is 12.7 Å². The summed E-state index contributed by atoms with van der Waals surface area (Å²) in [6, 6.07) is 10.5. The molecule has 0 amide bonds. The lowest BCUT2D eigenvalue weighted by Gasteiger charge is -2.17. The number of nitrogens with zero attached hydrogens (tertiary/aromatic N) is 2. The first kappa shape index (κ1) is 14.1. The zero-order valence-corrected chi connectivity index (χ0v) is 12.4. The van der Waals surface area contributed by atoms with Crippen molar-refractivity contribution in [1.82, 2.24) is 15.1 Å². The van der Waals surface area contributed by atoms with Gasteiger partial charge >= 0.3 is 0 Å². The Morgan fingerprint density at radius 3 is 2.86 bits per heavy atom. The molecule has 1 aromatic heterocycles. The lowest BCUT2D eigenvalue weighted by Crippen LogP contribution is -2.22. The summed E-state index contributed by atoms with van der Waals surface area (Å²) in [5.41, 5.74) is 2.55. The van der Waals surface area contributed by atoms with Crippen molar-refractivity contribution >= 4 is 0 Å². The summed E-state index contributed by atoms with van der Waals surface area (Å²) in [6.45, 7) is 2.86. The van der Waals surface area contributed by atoms with E-state index in [-0.39, 0.29) is 0 Å². The summed E-state index contributed by atoms with van der Waals surface area (Å²) >= 11 is 0. The maximum Gasteiger partial charge on any atom is 0.0659 e. The second-order valence-electron chi connectivity index (χ2n) is 5.81. The SMILES string of the molecule is C1=CCC(CNCc2cnn(Cc3ccccc3)c2)CC1. The first-order valence-corrected chi connectivity index (χ1v) is 7.81. The van der Waals surface area contributed by atoms with Crippen LogP contribution in [-0.2, 0) is 13.1 Å². The second-order valence-corrected chi connectivity index (χ2v) is 5.81. The highest BCUT2D eigenvalue weighted by atomic mass is 15.3. The lowest BCUT2D eigenvalue weighted by molar-refractivity contribution is 0.440. The van der Waals surface area contributed by atoms with E-state index in [1.165, 1.54) is 30.4 Å². The Bertz CT molecular complexity index is 571. The molecule has 1 aromatic carbocycles. The average molecular weight is 281 g/mol. The van der Waals surface area contributed by atoms with Crippen LogP contribution >= 0.6 is 0 Å². The van der Waals surface area contributed by atoms with E-state index >= 15 is 0 Å². The van der Waals surface area contributed by atoms with Gasteiger partial charge in [-0.05, 0) is 37.3 Å². The van der Waals surface area contributed by atoms with Gasteiger partial charge in [-0.1, -0.05) is 42.5 Å². The molecule has 21 heavy (non-hydrogen) atoms. The predicted octanol–water partition coefficient (Wildman–Crippen LogP) is 3.38. The molecule has 1 N–H and O–H groups in total. The summed E-state index contributed by atoms with van der Waals surface area (Å²) in [7, 11) is 0. The van der Waals surface area contributed by atoms with E-state index in [9.17, 15) is 0 Å². The van der Waals surface area contributed by atoms with Gasteiger partial charge in [0.25, 0.3) is 0 Å². The summed E-state index contributed by atoms with van der Waals surface area (Å²) in [6.07, 6.45) is 12.5. The molecular formula is C18H23N3. The first-order valence-electron chi connectivity index (χ1n) is 7.81. The lowest BCUT2D eigenvalue weighted by atomic mass is 9.94. The topological polar surface area (TPSA) is 29.9 Å². The molecule has 1 heterocycles. The molecule has 0 aliphatic heterocycles. The Kier molecular flexibility index (Phi) is 4.85. The number of rotatable bonds is 6. The average Bonchev–Trinajstić information content (AvgIpc) is 2.97. The summed E-state index contributed by atoms with van der Waals surface area (Å²) < 4.78 is 2.01. The number of hydrogen-bond donors (Lipinski definition) is 1. The van der Waals surface area contributed by atoms with Gasteiger partial charge in [-0.25, -0.2) is 0 Å². The maximum atomic E-state index is 4.44. The zero-order chi connectivity index (χ0) is 14.3. The van der Waals surface area contributed by atoms with Crippen molar-refractivity contribution in [3.63, 3.8) is 0 Å². The van der Waals surface area contributed by atoms with E-state index in [1.807, 2.05) is 16.9 Å². The normalized spacial score (nSPS) is 18.0. The van der Waals surface area contributed by atoms with Crippen molar-refractivity contribution in [3.8, 4) is 0 Å². The molecule has 1 unspecified atom stereocenters. The number of allylic oxidation sites excluding steroid dienone is 2. The smallest absolute Gasteiger partial charge is 0.0659 e. The zero-order valence-electron chi connectivity index (χ0n) is 12.4. The maximum absolute atomic E-state index is 4.44. The third kappa shape index (κ3) is 4.30. The largest absolute Gasteiger partial charge is 0.312 e. The number of benzene rings is 1. The minimum absolute atomic E-state index is 0.800. The Balaban J connectivity index is 1.45. The van der Waals surface area contributed by atoms with Crippen LogP contribution in [0.15, 0.2) is 54.9 Å². The molecule has 0 saturated carbocycles. The molecule has 0 saturated heterocycles. The van der Waals surface area contributed by atoms with Gasteiger partial charge in [0.1, 0.15) is 0 Å². The molecule has 3 heteroatoms. The van der Waals surface area contributed by atoms with Crippen LogP contribution in [0.5, 0.6) is 0 Å². The Labute approximate surface area is 126 Å². The van der Waals surface area contributed by atoms with Gasteiger partial charge in [-0.2, -0.15) is 5.10 Å². The molecule has 3 rings (SSSR count). The van der Waals surface area contributed by atoms with E-state index in [4.69, 9.17) is 0 Å². The van der Waals surface area contributed by atoms with Crippen LogP contribution in [0.2, 0.25) is 0 Å². The van der Waals surface area contributed by atoms with E-state index in [2.05, 4.69) is 53.0 Å². The minimum Gasteiger partial charge on any atom is -0.312 e. The Hall–Kier alpha value is -1.87. The first-order chi connectivity index (χ1) is 10.4. The summed E-state index contributed by atoms with van der Waals surface area (Å²) in [5, 5.41) is 8.00. The molecule has 1 aliphatic rings. The van der Waals surface area contributed by atoms with Gasteiger partial charge < -0.3 is 5.32 Å². The molecule has 0 spiro atoms. The predicted molar refractivity (Wildman–Crippen MR) is 86.0 cm³/mol. The molecule has 0 bridgehead atoms. The number of nitrogens with one attached hydrogen (secondary N) is 1. The molecule has 0 fully saturated rings. The van der Waals surface area contributed by atoms with Crippen molar-refractivity contribution < 1.29 is 0 Å². The molecule has 2 aromatic rings. The number of aromatic nitrogens is 2. The molecule has 1 atom stereocenters. The monoisotopic (exact) mass is 281 g/mol. The highest BCUT2D eigenvalue weighted by Crippen LogP contribution is 2.17. The summed E-state index contributed by atoms with van der Waals surface area (Å²) in [5.74, 6) is 0.800. The standard InChI is InChI=1S/C18H23N3/c1-3-7-16(8-4-1)11-19-12-18-13-20-21(15-18)14-17-9-5-2-6-10-17/h1-3,5-6,9-10,13,15-16,19H,4,7-8,11-12,14H2. The fraction of sp³-hybridized carbons (Fsp3) is 0.389. The molecule has 110 valence electrons. The van der Waals surface area contributed by atoms with E-state index in [1.54, 1.807) is 0 Å². The van der Waals surface area contributed by atoms with Gasteiger partial charge in [0.2, 0.25) is 0 Å². The van der Waals surface area contributed by atoms with E-state index in [0.29, 0.717) is 0 Å². The third-order valence-electron chi connectivity index (χ3n) is 4.01. The minimum atomic E-state index is 0.800. The van der Waals surface area contributed by atoms with Gasteiger partial charge in [0.15, 0.2) is 0 Å². The fourth-order valence-corrected chi connectivity index (χ4v) is 2.82. The highest BCUT2D eigenvalue weighted by molar-refractivity contribution is 5.15. The van der Waals surface area contributed by atoms with Crippen molar-refractivity contribution in [2.45, 2.75) is 32.4 Å². The van der Waals surface area contributed by atoms with Crippen LogP contribution in [0.1, 0.15) is 30.4 Å². The van der Waals surface area contributed by atoms with Crippen LogP contribution in [0.3, 0.4) is 0 Å². The second kappa shape index (κ2) is 7.23. The summed E-state index contributed by atoms with van der Waals surface area (Å²) in [4.78, 5) is 0. The van der Waals surface area contributed by atoms with E-state index in [0.717, 1.165) is 25.6 Å².